The molecule has 0 amide bonds. The maximum Gasteiger partial charge on any atom is 0.511 e. The third-order valence-electron chi connectivity index (χ3n) is 5.01. The summed E-state index contributed by atoms with van der Waals surface area (Å²) in [7, 11) is -5.25. The number of fused-ring (bicyclic) bond motifs is 1. The van der Waals surface area contributed by atoms with E-state index in [4.69, 9.17) is 10.5 Å². The molecule has 1 fully saturated rings. The van der Waals surface area contributed by atoms with Crippen molar-refractivity contribution in [2.45, 2.75) is 30.8 Å². The van der Waals surface area contributed by atoms with Crippen LogP contribution in [0.3, 0.4) is 0 Å². The highest BCUT2D eigenvalue weighted by Crippen LogP contribution is 2.32. The predicted octanol–water partition coefficient (Wildman–Crippen LogP) is 2.59. The van der Waals surface area contributed by atoms with Gasteiger partial charge in [0.15, 0.2) is 5.96 Å². The van der Waals surface area contributed by atoms with E-state index >= 15 is 0 Å². The van der Waals surface area contributed by atoms with Gasteiger partial charge in [-0.05, 0) is 24.8 Å². The summed E-state index contributed by atoms with van der Waals surface area (Å²) in [6, 6.07) is 7.63. The lowest BCUT2D eigenvalue weighted by atomic mass is 9.98. The van der Waals surface area contributed by atoms with E-state index in [1.54, 1.807) is 0 Å². The van der Waals surface area contributed by atoms with E-state index in [1.807, 2.05) is 24.3 Å². The van der Waals surface area contributed by atoms with Crippen molar-refractivity contribution in [3.05, 3.63) is 29.8 Å². The molecule has 7 nitrogen and oxygen atoms in total. The lowest BCUT2D eigenvalue weighted by Gasteiger charge is -2.31. The number of aliphatic imine (C=N–C) groups is 1. The zero-order chi connectivity index (χ0) is 20.4. The number of alkyl halides is 3. The largest absolute Gasteiger partial charge is 0.511 e. The number of para-hydroxylation sites is 1. The molecule has 1 atom stereocenters. The Hall–Kier alpha value is -1.28. The number of guanidine groups is 1. The number of hydrogen-bond acceptors (Lipinski definition) is 4. The van der Waals surface area contributed by atoms with Gasteiger partial charge in [0.1, 0.15) is 5.75 Å². The van der Waals surface area contributed by atoms with Crippen LogP contribution in [-0.2, 0) is 10.0 Å². The topological polar surface area (TPSA) is 97.0 Å². The summed E-state index contributed by atoms with van der Waals surface area (Å²) in [5.74, 6) is 1.05. The number of halogens is 4. The molecule has 0 saturated carbocycles. The highest BCUT2D eigenvalue weighted by molar-refractivity contribution is 14.0. The maximum atomic E-state index is 12.6. The molecule has 1 unspecified atom stereocenters. The van der Waals surface area contributed by atoms with E-state index in [-0.39, 0.29) is 55.0 Å². The molecule has 0 spiro atoms. The number of nitrogens with one attached hydrogen (secondary N) is 1. The molecule has 12 heteroatoms. The molecule has 0 aliphatic carbocycles. The quantitative estimate of drug-likeness (QED) is 0.343. The average Bonchev–Trinajstić information content (AvgIpc) is 2.66. The molecule has 0 aromatic heterocycles. The number of piperidine rings is 1. The van der Waals surface area contributed by atoms with Crippen LogP contribution in [0.4, 0.5) is 13.2 Å². The number of hydrogen-bond donors (Lipinski definition) is 2. The smallest absolute Gasteiger partial charge is 0.493 e. The van der Waals surface area contributed by atoms with Gasteiger partial charge in [-0.3, -0.25) is 4.99 Å². The van der Waals surface area contributed by atoms with Crippen LogP contribution in [0.1, 0.15) is 30.9 Å². The van der Waals surface area contributed by atoms with Gasteiger partial charge in [0.05, 0.1) is 12.6 Å². The van der Waals surface area contributed by atoms with Crippen LogP contribution in [0, 0.1) is 5.92 Å². The second-order valence-corrected chi connectivity index (χ2v) is 8.82. The number of ether oxygens (including phenoxy) is 1. The van der Waals surface area contributed by atoms with Crippen LogP contribution < -0.4 is 15.8 Å². The average molecular weight is 548 g/mol. The van der Waals surface area contributed by atoms with Crippen molar-refractivity contribution in [2.75, 3.05) is 26.2 Å². The number of nitrogens with two attached hydrogens (primary N) is 1. The third-order valence-corrected chi connectivity index (χ3v) is 6.64. The van der Waals surface area contributed by atoms with Crippen molar-refractivity contribution in [2.24, 2.45) is 16.6 Å². The highest BCUT2D eigenvalue weighted by atomic mass is 127. The zero-order valence-electron chi connectivity index (χ0n) is 15.6. The first-order chi connectivity index (χ1) is 13.2. The van der Waals surface area contributed by atoms with Crippen molar-refractivity contribution < 1.29 is 26.3 Å². The molecule has 164 valence electrons. The van der Waals surface area contributed by atoms with Gasteiger partial charge in [-0.1, -0.05) is 18.2 Å². The van der Waals surface area contributed by atoms with Crippen LogP contribution in [0.15, 0.2) is 29.3 Å². The molecule has 2 aliphatic rings. The van der Waals surface area contributed by atoms with Crippen LogP contribution in [-0.4, -0.2) is 50.4 Å². The highest BCUT2D eigenvalue weighted by Gasteiger charge is 2.50. The molecule has 1 saturated heterocycles. The Labute approximate surface area is 184 Å². The Bertz CT molecular complexity index is 827. The molecule has 2 heterocycles. The minimum absolute atomic E-state index is 0. The molecule has 0 radical (unpaired) electrons. The fraction of sp³-hybridized carbons (Fsp3) is 0.588. The summed E-state index contributed by atoms with van der Waals surface area (Å²) in [5.41, 5.74) is 1.72. The number of sulfonamides is 1. The molecule has 1 aromatic rings. The van der Waals surface area contributed by atoms with Crippen molar-refractivity contribution in [3.8, 4) is 5.75 Å². The Morgan fingerprint density at radius 3 is 2.55 bits per heavy atom. The van der Waals surface area contributed by atoms with Gasteiger partial charge in [-0.2, -0.15) is 17.5 Å². The molecule has 1 aromatic carbocycles. The van der Waals surface area contributed by atoms with Gasteiger partial charge in [0.25, 0.3) is 0 Å². The third kappa shape index (κ3) is 5.66. The first-order valence-electron chi connectivity index (χ1n) is 9.03. The second-order valence-electron chi connectivity index (χ2n) is 6.89. The Morgan fingerprint density at radius 2 is 1.90 bits per heavy atom. The first kappa shape index (κ1) is 24.0. The van der Waals surface area contributed by atoms with E-state index in [0.717, 1.165) is 17.7 Å². The van der Waals surface area contributed by atoms with Gasteiger partial charge >= 0.3 is 15.5 Å². The fourth-order valence-electron chi connectivity index (χ4n) is 3.42. The normalized spacial score (nSPS) is 21.6. The van der Waals surface area contributed by atoms with Gasteiger partial charge < -0.3 is 15.8 Å². The van der Waals surface area contributed by atoms with Gasteiger partial charge in [0.2, 0.25) is 0 Å². The summed E-state index contributed by atoms with van der Waals surface area (Å²) < 4.78 is 66.8. The Morgan fingerprint density at radius 1 is 1.24 bits per heavy atom. The Kier molecular flexibility index (Phi) is 8.01. The number of nitrogens with zero attached hydrogens (tertiary/aromatic N) is 2. The fourth-order valence-corrected chi connectivity index (χ4v) is 4.41. The number of benzene rings is 1. The van der Waals surface area contributed by atoms with E-state index in [2.05, 4.69) is 10.3 Å². The lowest BCUT2D eigenvalue weighted by Crippen LogP contribution is -2.45. The molecule has 3 rings (SSSR count). The van der Waals surface area contributed by atoms with Gasteiger partial charge in [-0.15, -0.1) is 24.0 Å². The van der Waals surface area contributed by atoms with Crippen LogP contribution in [0.5, 0.6) is 5.75 Å². The molecular weight excluding hydrogens is 524 g/mol. The summed E-state index contributed by atoms with van der Waals surface area (Å²) in [5, 5.41) is 3.16. The molecule has 2 aliphatic heterocycles. The molecule has 0 bridgehead atoms. The molecule has 29 heavy (non-hydrogen) atoms. The predicted molar refractivity (Wildman–Crippen MR) is 114 cm³/mol. The van der Waals surface area contributed by atoms with Crippen LogP contribution in [0.25, 0.3) is 0 Å². The lowest BCUT2D eigenvalue weighted by molar-refractivity contribution is -0.0496. The monoisotopic (exact) mass is 548 g/mol. The van der Waals surface area contributed by atoms with Gasteiger partial charge in [0, 0.05) is 31.6 Å². The second kappa shape index (κ2) is 9.69. The Balaban J connectivity index is 0.00000300. The zero-order valence-corrected chi connectivity index (χ0v) is 18.7. The van der Waals surface area contributed by atoms with Crippen molar-refractivity contribution in [3.63, 3.8) is 0 Å². The molecular formula is C17H24F3IN4O3S. The maximum absolute atomic E-state index is 12.6. The number of rotatable bonds is 4. The minimum Gasteiger partial charge on any atom is -0.493 e. The van der Waals surface area contributed by atoms with Crippen LogP contribution >= 0.6 is 24.0 Å². The van der Waals surface area contributed by atoms with E-state index in [1.165, 1.54) is 0 Å². The first-order valence-corrected chi connectivity index (χ1v) is 10.5. The van der Waals surface area contributed by atoms with Gasteiger partial charge in [-0.25, -0.2) is 8.42 Å². The van der Waals surface area contributed by atoms with Crippen molar-refractivity contribution in [1.82, 2.24) is 9.62 Å². The summed E-state index contributed by atoms with van der Waals surface area (Å²) in [6.45, 7) is 0.573. The molecule has 3 N–H and O–H groups in total. The van der Waals surface area contributed by atoms with E-state index in [0.29, 0.717) is 30.3 Å². The summed E-state index contributed by atoms with van der Waals surface area (Å²) >= 11 is 0. The van der Waals surface area contributed by atoms with Crippen molar-refractivity contribution >= 4 is 40.0 Å². The SMILES string of the molecule is I.NC(=NCC1CCN(S(=O)(=O)C(F)(F)F)CC1)NC1CCOc2ccccc21. The summed E-state index contributed by atoms with van der Waals surface area (Å²) in [4.78, 5) is 4.30. The van der Waals surface area contributed by atoms with Crippen molar-refractivity contribution in [1.29, 1.82) is 0 Å². The standard InChI is InChI=1S/C17H23F3N4O3S.HI/c18-17(19,20)28(25,26)24-8-5-12(6-9-24)11-22-16(21)23-14-7-10-27-15-4-2-1-3-13(14)15;/h1-4,12,14H,5-11H2,(H3,21,22,23);1H. The van der Waals surface area contributed by atoms with Crippen LogP contribution in [0.2, 0.25) is 0 Å². The van der Waals surface area contributed by atoms with E-state index in [9.17, 15) is 21.6 Å². The minimum atomic E-state index is -5.26. The summed E-state index contributed by atoms with van der Waals surface area (Å²) in [6.07, 6.45) is 1.36. The van der Waals surface area contributed by atoms with E-state index < -0.39 is 15.5 Å².